The van der Waals surface area contributed by atoms with Crippen molar-refractivity contribution in [1.29, 1.82) is 0 Å². The lowest BCUT2D eigenvalue weighted by Gasteiger charge is -2.10. The number of nitrogens with one attached hydrogen (secondary N) is 2. The highest BCUT2D eigenvalue weighted by Gasteiger charge is 2.16. The van der Waals surface area contributed by atoms with Gasteiger partial charge < -0.3 is 15.2 Å². The predicted molar refractivity (Wildman–Crippen MR) is 131 cm³/mol. The molecule has 172 valence electrons. The number of hydrogen-bond acceptors (Lipinski definition) is 5. The van der Waals surface area contributed by atoms with Crippen molar-refractivity contribution in [2.75, 3.05) is 11.1 Å². The fourth-order valence-electron chi connectivity index (χ4n) is 2.67. The third kappa shape index (κ3) is 6.80. The Labute approximate surface area is 211 Å². The van der Waals surface area contributed by atoms with Crippen molar-refractivity contribution in [2.45, 2.75) is 18.2 Å². The first kappa shape index (κ1) is 25.2. The largest absolute Gasteiger partial charge is 0.345 e. The summed E-state index contributed by atoms with van der Waals surface area (Å²) in [5, 5.41) is 14.6. The van der Waals surface area contributed by atoms with E-state index in [1.807, 2.05) is 0 Å². The van der Waals surface area contributed by atoms with Gasteiger partial charge in [0.15, 0.2) is 11.0 Å². The van der Waals surface area contributed by atoms with Crippen molar-refractivity contribution in [3.05, 3.63) is 80.8 Å². The molecule has 3 rings (SSSR count). The Balaban J connectivity index is 1.62. The summed E-state index contributed by atoms with van der Waals surface area (Å²) in [5.41, 5.74) is 0.438. The number of carbonyl (C=O) groups excluding carboxylic acids is 2. The zero-order valence-corrected chi connectivity index (χ0v) is 20.9. The van der Waals surface area contributed by atoms with Crippen LogP contribution in [0.3, 0.4) is 0 Å². The number of halogens is 4. The van der Waals surface area contributed by atoms with E-state index < -0.39 is 11.7 Å². The van der Waals surface area contributed by atoms with Crippen LogP contribution in [0.5, 0.6) is 0 Å². The zero-order chi connectivity index (χ0) is 24.0. The standard InChI is InChI=1S/C21H17BrCl2FN5O2S/c1-2-7-30-18(10-26-20(32)12-3-5-14(23)15(24)8-12)28-29-21(30)33-11-19(31)27-17-6-4-13(22)9-16(17)25/h2-6,8-9H,1,7,10-11H2,(H,26,32)(H,27,31). The van der Waals surface area contributed by atoms with Crippen LogP contribution in [-0.4, -0.2) is 32.3 Å². The Hall–Kier alpha value is -2.40. The molecule has 0 saturated carbocycles. The van der Waals surface area contributed by atoms with Crippen LogP contribution in [0.1, 0.15) is 16.2 Å². The number of rotatable bonds is 9. The monoisotopic (exact) mass is 571 g/mol. The lowest BCUT2D eigenvalue weighted by Crippen LogP contribution is -2.25. The van der Waals surface area contributed by atoms with Crippen LogP contribution < -0.4 is 10.6 Å². The van der Waals surface area contributed by atoms with Crippen molar-refractivity contribution >= 4 is 68.4 Å². The van der Waals surface area contributed by atoms with Gasteiger partial charge in [-0.1, -0.05) is 57.0 Å². The van der Waals surface area contributed by atoms with Crippen molar-refractivity contribution in [1.82, 2.24) is 20.1 Å². The number of nitrogens with zero attached hydrogens (tertiary/aromatic N) is 3. The van der Waals surface area contributed by atoms with Crippen LogP contribution in [-0.2, 0) is 17.9 Å². The molecule has 33 heavy (non-hydrogen) atoms. The quantitative estimate of drug-likeness (QED) is 0.267. The van der Waals surface area contributed by atoms with Gasteiger partial charge in [-0.25, -0.2) is 4.39 Å². The summed E-state index contributed by atoms with van der Waals surface area (Å²) in [6.07, 6.45) is 1.65. The Morgan fingerprint density at radius 3 is 2.67 bits per heavy atom. The van der Waals surface area contributed by atoms with Crippen LogP contribution in [0.4, 0.5) is 10.1 Å². The van der Waals surface area contributed by atoms with Crippen LogP contribution in [0.15, 0.2) is 58.7 Å². The molecule has 0 aliphatic rings. The molecule has 2 amide bonds. The number of thioether (sulfide) groups is 1. The molecular formula is C21H17BrCl2FN5O2S. The summed E-state index contributed by atoms with van der Waals surface area (Å²) in [6.45, 7) is 4.19. The van der Waals surface area contributed by atoms with Crippen molar-refractivity contribution < 1.29 is 14.0 Å². The highest BCUT2D eigenvalue weighted by Crippen LogP contribution is 2.23. The number of amides is 2. The number of carbonyl (C=O) groups is 2. The first-order valence-corrected chi connectivity index (χ1v) is 12.0. The topological polar surface area (TPSA) is 88.9 Å². The first-order valence-electron chi connectivity index (χ1n) is 9.42. The summed E-state index contributed by atoms with van der Waals surface area (Å²) < 4.78 is 16.2. The third-order valence-corrected chi connectivity index (χ3v) is 6.43. The molecule has 1 aromatic heterocycles. The second-order valence-corrected chi connectivity index (χ2v) is 9.24. The van der Waals surface area contributed by atoms with Gasteiger partial charge in [-0.15, -0.1) is 16.8 Å². The highest BCUT2D eigenvalue weighted by molar-refractivity contribution is 9.10. The average molecular weight is 573 g/mol. The van der Waals surface area contributed by atoms with E-state index in [2.05, 4.69) is 43.3 Å². The number of aromatic nitrogens is 3. The number of benzene rings is 2. The van der Waals surface area contributed by atoms with E-state index in [1.165, 1.54) is 18.2 Å². The molecular weight excluding hydrogens is 556 g/mol. The molecule has 12 heteroatoms. The number of hydrogen-bond donors (Lipinski definition) is 2. The van der Waals surface area contributed by atoms with Gasteiger partial charge in [0, 0.05) is 16.6 Å². The summed E-state index contributed by atoms with van der Waals surface area (Å²) in [6, 6.07) is 8.94. The lowest BCUT2D eigenvalue weighted by atomic mass is 10.2. The number of anilines is 1. The maximum atomic E-state index is 13.9. The highest BCUT2D eigenvalue weighted by atomic mass is 79.9. The van der Waals surface area contributed by atoms with Gasteiger partial charge in [0.2, 0.25) is 5.91 Å². The third-order valence-electron chi connectivity index (χ3n) is 4.23. The minimum atomic E-state index is -0.544. The molecule has 2 N–H and O–H groups in total. The molecule has 2 aromatic carbocycles. The predicted octanol–water partition coefficient (Wildman–Crippen LogP) is 5.33. The number of allylic oxidation sites excluding steroid dienone is 1. The smallest absolute Gasteiger partial charge is 0.251 e. The first-order chi connectivity index (χ1) is 15.8. The molecule has 0 aliphatic carbocycles. The molecule has 0 radical (unpaired) electrons. The normalized spacial score (nSPS) is 10.7. The van der Waals surface area contributed by atoms with Gasteiger partial charge in [-0.3, -0.25) is 9.59 Å². The molecule has 0 fully saturated rings. The van der Waals surface area contributed by atoms with E-state index in [1.54, 1.807) is 28.8 Å². The van der Waals surface area contributed by atoms with Crippen molar-refractivity contribution in [2.24, 2.45) is 0 Å². The van der Waals surface area contributed by atoms with Crippen LogP contribution in [0.2, 0.25) is 10.0 Å². The second kappa shape index (κ2) is 11.6. The van der Waals surface area contributed by atoms with E-state index in [0.29, 0.717) is 32.6 Å². The summed E-state index contributed by atoms with van der Waals surface area (Å²) >= 11 is 16.1. The van der Waals surface area contributed by atoms with E-state index in [4.69, 9.17) is 23.2 Å². The molecule has 0 spiro atoms. The van der Waals surface area contributed by atoms with Crippen molar-refractivity contribution in [3.63, 3.8) is 0 Å². The summed E-state index contributed by atoms with van der Waals surface area (Å²) in [4.78, 5) is 24.7. The molecule has 0 unspecified atom stereocenters. The molecule has 7 nitrogen and oxygen atoms in total. The summed E-state index contributed by atoms with van der Waals surface area (Å²) in [5.74, 6) is -0.834. The average Bonchev–Trinajstić information content (AvgIpc) is 3.16. The van der Waals surface area contributed by atoms with Crippen LogP contribution in [0.25, 0.3) is 0 Å². The molecule has 0 bridgehead atoms. The van der Waals surface area contributed by atoms with E-state index in [0.717, 1.165) is 11.8 Å². The molecule has 0 aliphatic heterocycles. The van der Waals surface area contributed by atoms with E-state index in [9.17, 15) is 14.0 Å². The zero-order valence-electron chi connectivity index (χ0n) is 16.9. The van der Waals surface area contributed by atoms with Gasteiger partial charge in [0.25, 0.3) is 5.91 Å². The Kier molecular flexibility index (Phi) is 8.90. The van der Waals surface area contributed by atoms with Crippen molar-refractivity contribution in [3.8, 4) is 0 Å². The van der Waals surface area contributed by atoms with Gasteiger partial charge >= 0.3 is 0 Å². The van der Waals surface area contributed by atoms with Crippen LogP contribution >= 0.6 is 50.9 Å². The van der Waals surface area contributed by atoms with Gasteiger partial charge in [-0.2, -0.15) is 0 Å². The maximum Gasteiger partial charge on any atom is 0.251 e. The fourth-order valence-corrected chi connectivity index (χ4v) is 4.07. The Bertz CT molecular complexity index is 1210. The Morgan fingerprint density at radius 2 is 1.97 bits per heavy atom. The maximum absolute atomic E-state index is 13.9. The Morgan fingerprint density at radius 1 is 1.18 bits per heavy atom. The van der Waals surface area contributed by atoms with Gasteiger partial charge in [0.05, 0.1) is 28.0 Å². The molecule has 1 heterocycles. The SMILES string of the molecule is C=CCn1c(CNC(=O)c2ccc(Cl)c(Cl)c2)nnc1SCC(=O)Nc1ccc(Br)cc1F. The molecule has 3 aromatic rings. The lowest BCUT2D eigenvalue weighted by molar-refractivity contribution is -0.113. The minimum absolute atomic E-state index is 0.0135. The molecule has 0 atom stereocenters. The van der Waals surface area contributed by atoms with E-state index >= 15 is 0 Å². The van der Waals surface area contributed by atoms with Gasteiger partial charge in [0.1, 0.15) is 5.82 Å². The fraction of sp³-hybridized carbons (Fsp3) is 0.143. The summed E-state index contributed by atoms with van der Waals surface area (Å²) in [7, 11) is 0. The van der Waals surface area contributed by atoms with Gasteiger partial charge in [-0.05, 0) is 36.4 Å². The second-order valence-electron chi connectivity index (χ2n) is 6.57. The minimum Gasteiger partial charge on any atom is -0.345 e. The van der Waals surface area contributed by atoms with E-state index in [-0.39, 0.29) is 28.9 Å². The van der Waals surface area contributed by atoms with Crippen LogP contribution in [0, 0.1) is 5.82 Å². The molecule has 0 saturated heterocycles.